The van der Waals surface area contributed by atoms with E-state index in [4.69, 9.17) is 21.1 Å². The van der Waals surface area contributed by atoms with Crippen LogP contribution in [0, 0.1) is 0 Å². The summed E-state index contributed by atoms with van der Waals surface area (Å²) in [4.78, 5) is 12.6. The number of hydrogen-bond acceptors (Lipinski definition) is 6. The van der Waals surface area contributed by atoms with Crippen LogP contribution in [0.3, 0.4) is 0 Å². The molecular formula is C21H24ClN5O3. The molecule has 0 bridgehead atoms. The lowest BCUT2D eigenvalue weighted by atomic mass is 9.96. The van der Waals surface area contributed by atoms with Gasteiger partial charge in [-0.05, 0) is 59.8 Å². The zero-order chi connectivity index (χ0) is 21.7. The molecule has 30 heavy (non-hydrogen) atoms. The molecular weight excluding hydrogens is 406 g/mol. The van der Waals surface area contributed by atoms with E-state index >= 15 is 0 Å². The molecule has 0 saturated heterocycles. The number of ether oxygens (including phenoxy) is 2. The summed E-state index contributed by atoms with van der Waals surface area (Å²) in [5.41, 5.74) is 0.161. The van der Waals surface area contributed by atoms with Crippen molar-refractivity contribution in [3.05, 3.63) is 53.3 Å². The Morgan fingerprint density at radius 1 is 1.13 bits per heavy atom. The monoisotopic (exact) mass is 429 g/mol. The van der Waals surface area contributed by atoms with Crippen LogP contribution in [-0.4, -0.2) is 32.7 Å². The summed E-state index contributed by atoms with van der Waals surface area (Å²) in [6, 6.07) is 12.3. The Bertz CT molecular complexity index is 1010. The molecule has 0 spiro atoms. The number of nitrogens with one attached hydrogen (secondary N) is 1. The van der Waals surface area contributed by atoms with Crippen LogP contribution < -0.4 is 14.8 Å². The number of tetrazole rings is 1. The van der Waals surface area contributed by atoms with E-state index in [2.05, 4.69) is 20.8 Å². The van der Waals surface area contributed by atoms with Crippen LogP contribution in [0.2, 0.25) is 5.02 Å². The lowest BCUT2D eigenvalue weighted by Gasteiger charge is -2.17. The lowest BCUT2D eigenvalue weighted by Crippen LogP contribution is -2.26. The second kappa shape index (κ2) is 9.13. The molecule has 3 aromatic rings. The number of benzene rings is 2. The van der Waals surface area contributed by atoms with Gasteiger partial charge in [-0.25, -0.2) is 4.68 Å². The highest BCUT2D eigenvalue weighted by Crippen LogP contribution is 2.33. The van der Waals surface area contributed by atoms with Crippen molar-refractivity contribution in [2.75, 3.05) is 11.9 Å². The Kier molecular flexibility index (Phi) is 6.56. The van der Waals surface area contributed by atoms with Crippen molar-refractivity contribution in [2.24, 2.45) is 0 Å². The number of carbonyl (C=O) groups is 1. The minimum Gasteiger partial charge on any atom is -0.494 e. The van der Waals surface area contributed by atoms with E-state index in [-0.39, 0.29) is 17.9 Å². The summed E-state index contributed by atoms with van der Waals surface area (Å²) in [7, 11) is 0. The van der Waals surface area contributed by atoms with Gasteiger partial charge < -0.3 is 14.8 Å². The average molecular weight is 430 g/mol. The van der Waals surface area contributed by atoms with Gasteiger partial charge in [0.1, 0.15) is 18.0 Å². The number of halogens is 1. The highest BCUT2D eigenvalue weighted by Gasteiger charge is 2.23. The topological polar surface area (TPSA) is 91.2 Å². The molecule has 0 fully saturated rings. The largest absolute Gasteiger partial charge is 0.494 e. The van der Waals surface area contributed by atoms with Crippen LogP contribution in [0.4, 0.5) is 5.69 Å². The molecule has 0 unspecified atom stereocenters. The highest BCUT2D eigenvalue weighted by molar-refractivity contribution is 6.31. The van der Waals surface area contributed by atoms with Gasteiger partial charge in [0.15, 0.2) is 11.6 Å². The Balaban J connectivity index is 1.75. The smallest absolute Gasteiger partial charge is 0.246 e. The van der Waals surface area contributed by atoms with Gasteiger partial charge in [0.05, 0.1) is 12.3 Å². The van der Waals surface area contributed by atoms with Gasteiger partial charge in [0.25, 0.3) is 0 Å². The van der Waals surface area contributed by atoms with E-state index in [1.54, 1.807) is 30.3 Å². The number of nitrogens with zero attached hydrogens (tertiary/aromatic N) is 4. The molecule has 1 amide bonds. The third-order valence-corrected chi connectivity index (χ3v) is 4.31. The quantitative estimate of drug-likeness (QED) is 0.596. The lowest BCUT2D eigenvalue weighted by molar-refractivity contribution is -0.117. The van der Waals surface area contributed by atoms with Gasteiger partial charge >= 0.3 is 0 Å². The number of hydrogen-bond donors (Lipinski definition) is 1. The third kappa shape index (κ3) is 5.48. The fourth-order valence-corrected chi connectivity index (χ4v) is 2.93. The van der Waals surface area contributed by atoms with Gasteiger partial charge in [-0.15, -0.1) is 5.10 Å². The van der Waals surface area contributed by atoms with Crippen molar-refractivity contribution in [1.29, 1.82) is 0 Å². The summed E-state index contributed by atoms with van der Waals surface area (Å²) >= 11 is 6.13. The fourth-order valence-electron chi connectivity index (χ4n) is 2.76. The Morgan fingerprint density at radius 2 is 1.83 bits per heavy atom. The normalized spacial score (nSPS) is 11.2. The molecule has 0 atom stereocenters. The SMILES string of the molecule is CCOc1ccc(Oc2ccc(Cl)cc2NC(=O)Cn2nnnc2C(C)(C)C)cc1. The van der Waals surface area contributed by atoms with Crippen LogP contribution in [0.15, 0.2) is 42.5 Å². The van der Waals surface area contributed by atoms with Crippen molar-refractivity contribution in [2.45, 2.75) is 39.7 Å². The zero-order valence-electron chi connectivity index (χ0n) is 17.3. The Labute approximate surface area is 180 Å². The van der Waals surface area contributed by atoms with Gasteiger partial charge in [0.2, 0.25) is 5.91 Å². The van der Waals surface area contributed by atoms with Crippen LogP contribution in [0.5, 0.6) is 17.2 Å². The van der Waals surface area contributed by atoms with Crippen LogP contribution in [-0.2, 0) is 16.8 Å². The third-order valence-electron chi connectivity index (χ3n) is 4.07. The molecule has 1 aromatic heterocycles. The first kappa shape index (κ1) is 21.6. The molecule has 0 saturated carbocycles. The maximum absolute atomic E-state index is 12.6. The summed E-state index contributed by atoms with van der Waals surface area (Å²) in [5.74, 6) is 2.14. The number of anilines is 1. The second-order valence-corrected chi connectivity index (χ2v) is 8.04. The molecule has 8 nitrogen and oxygen atoms in total. The molecule has 2 aromatic carbocycles. The molecule has 1 heterocycles. The first-order chi connectivity index (χ1) is 14.3. The van der Waals surface area contributed by atoms with Gasteiger partial charge in [0, 0.05) is 10.4 Å². The zero-order valence-corrected chi connectivity index (χ0v) is 18.1. The van der Waals surface area contributed by atoms with Gasteiger partial charge in [-0.1, -0.05) is 32.4 Å². The Hall–Kier alpha value is -3.13. The molecule has 0 radical (unpaired) electrons. The number of amides is 1. The Morgan fingerprint density at radius 3 is 2.50 bits per heavy atom. The minimum atomic E-state index is -0.299. The maximum Gasteiger partial charge on any atom is 0.246 e. The molecule has 0 aliphatic rings. The van der Waals surface area contributed by atoms with Crippen molar-refractivity contribution in [3.8, 4) is 17.2 Å². The first-order valence-corrected chi connectivity index (χ1v) is 9.91. The fraction of sp³-hybridized carbons (Fsp3) is 0.333. The maximum atomic E-state index is 12.6. The summed E-state index contributed by atoms with van der Waals surface area (Å²) in [5, 5.41) is 14.9. The van der Waals surface area contributed by atoms with Gasteiger partial charge in [-0.2, -0.15) is 0 Å². The van der Waals surface area contributed by atoms with Crippen LogP contribution >= 0.6 is 11.6 Å². The van der Waals surface area contributed by atoms with Crippen LogP contribution in [0.25, 0.3) is 0 Å². The van der Waals surface area contributed by atoms with E-state index in [1.165, 1.54) is 4.68 Å². The van der Waals surface area contributed by atoms with Gasteiger partial charge in [-0.3, -0.25) is 4.79 Å². The van der Waals surface area contributed by atoms with E-state index in [1.807, 2.05) is 39.8 Å². The predicted molar refractivity (Wildman–Crippen MR) is 114 cm³/mol. The van der Waals surface area contributed by atoms with E-state index < -0.39 is 0 Å². The molecule has 158 valence electrons. The second-order valence-electron chi connectivity index (χ2n) is 7.61. The van der Waals surface area contributed by atoms with Crippen LogP contribution in [0.1, 0.15) is 33.5 Å². The first-order valence-electron chi connectivity index (χ1n) is 9.53. The highest BCUT2D eigenvalue weighted by atomic mass is 35.5. The summed E-state index contributed by atoms with van der Waals surface area (Å²) in [6.07, 6.45) is 0. The van der Waals surface area contributed by atoms with E-state index in [0.717, 1.165) is 5.75 Å². The number of carbonyl (C=O) groups excluding carboxylic acids is 1. The molecule has 3 rings (SSSR count). The van der Waals surface area contributed by atoms with Crippen molar-refractivity contribution in [3.63, 3.8) is 0 Å². The number of rotatable bonds is 7. The number of aromatic nitrogens is 4. The molecule has 0 aliphatic carbocycles. The molecule has 9 heteroatoms. The summed E-state index contributed by atoms with van der Waals surface area (Å²) in [6.45, 7) is 8.42. The van der Waals surface area contributed by atoms with Crippen molar-refractivity contribution < 1.29 is 14.3 Å². The molecule has 1 N–H and O–H groups in total. The predicted octanol–water partition coefficient (Wildman–Crippen LogP) is 4.45. The molecule has 0 aliphatic heterocycles. The van der Waals surface area contributed by atoms with E-state index in [9.17, 15) is 4.79 Å². The average Bonchev–Trinajstić information content (AvgIpc) is 3.14. The minimum absolute atomic E-state index is 0.0331. The van der Waals surface area contributed by atoms with E-state index in [0.29, 0.717) is 34.6 Å². The van der Waals surface area contributed by atoms with Crippen molar-refractivity contribution in [1.82, 2.24) is 20.2 Å². The van der Waals surface area contributed by atoms with Crippen molar-refractivity contribution >= 4 is 23.2 Å². The standard InChI is InChI=1S/C21H24ClN5O3/c1-5-29-15-7-9-16(10-8-15)30-18-11-6-14(22)12-17(18)23-19(28)13-27-20(21(2,3)4)24-25-26-27/h6-12H,5,13H2,1-4H3,(H,23,28). The summed E-state index contributed by atoms with van der Waals surface area (Å²) < 4.78 is 12.9.